The highest BCUT2D eigenvalue weighted by Gasteiger charge is 2.36. The Kier molecular flexibility index (Phi) is 8.57. The van der Waals surface area contributed by atoms with Crippen LogP contribution in [0.3, 0.4) is 0 Å². The number of hydrogen-bond donors (Lipinski definition) is 1. The molecule has 230 valence electrons. The van der Waals surface area contributed by atoms with Crippen molar-refractivity contribution in [1.82, 2.24) is 9.88 Å². The van der Waals surface area contributed by atoms with Crippen LogP contribution in [0, 0.1) is 17.5 Å². The fourth-order valence-corrected chi connectivity index (χ4v) is 5.38. The van der Waals surface area contributed by atoms with Crippen molar-refractivity contribution in [3.63, 3.8) is 0 Å². The number of carbonyl (C=O) groups excluding carboxylic acids is 1. The molecule has 0 bridgehead atoms. The summed E-state index contributed by atoms with van der Waals surface area (Å²) >= 11 is 0. The number of piperazine rings is 1. The van der Waals surface area contributed by atoms with Crippen LogP contribution < -0.4 is 15.1 Å². The molecule has 13 heteroatoms. The van der Waals surface area contributed by atoms with Gasteiger partial charge in [0.25, 0.3) is 5.91 Å². The molecule has 2 aliphatic rings. The number of halogens is 6. The summed E-state index contributed by atoms with van der Waals surface area (Å²) in [5.74, 6) is -4.01. The lowest BCUT2D eigenvalue weighted by atomic mass is 10.0. The van der Waals surface area contributed by atoms with E-state index >= 15 is 8.78 Å². The van der Waals surface area contributed by atoms with Crippen molar-refractivity contribution in [2.24, 2.45) is 0 Å². The average molecular weight is 608 g/mol. The number of carbonyl (C=O) groups is 1. The fraction of sp³-hybridized carbons (Fsp3) is 0.400. The van der Waals surface area contributed by atoms with Crippen LogP contribution in [0.4, 0.5) is 43.5 Å². The first-order valence-corrected chi connectivity index (χ1v) is 13.8. The zero-order valence-corrected chi connectivity index (χ0v) is 23.8. The maximum absolute atomic E-state index is 16.4. The van der Waals surface area contributed by atoms with Crippen molar-refractivity contribution in [2.45, 2.75) is 32.2 Å². The second-order valence-corrected chi connectivity index (χ2v) is 10.9. The van der Waals surface area contributed by atoms with Crippen LogP contribution in [-0.4, -0.2) is 74.3 Å². The third-order valence-electron chi connectivity index (χ3n) is 7.87. The minimum atomic E-state index is -5.05. The summed E-state index contributed by atoms with van der Waals surface area (Å²) in [6, 6.07) is 5.76. The van der Waals surface area contributed by atoms with Gasteiger partial charge >= 0.3 is 6.18 Å². The summed E-state index contributed by atoms with van der Waals surface area (Å²) < 4.78 is 92.4. The standard InChI is InChI=1S/C30H31F6N5O2/c1-17-15-40(9-8-39(17)3)24-13-23(32)26(19-4-7-25(37-14-19)41-10-11-43-18(2)16-41)27(33)28(24)38-29(42)21-6-5-20(31)12-22(21)30(34,35)36/h4-7,12-14,17-18H,8-11,15-16H2,1-3H3,(H,38,42). The Morgan fingerprint density at radius 1 is 1.00 bits per heavy atom. The van der Waals surface area contributed by atoms with Crippen LogP contribution in [-0.2, 0) is 10.9 Å². The summed E-state index contributed by atoms with van der Waals surface area (Å²) in [5, 5.41) is 2.25. The average Bonchev–Trinajstić information content (AvgIpc) is 2.95. The van der Waals surface area contributed by atoms with Crippen molar-refractivity contribution in [1.29, 1.82) is 0 Å². The van der Waals surface area contributed by atoms with Crippen molar-refractivity contribution in [3.05, 3.63) is 71.2 Å². The minimum absolute atomic E-state index is 0.0138. The molecule has 0 radical (unpaired) electrons. The topological polar surface area (TPSA) is 60.9 Å². The Labute approximate surface area is 245 Å². The van der Waals surface area contributed by atoms with Gasteiger partial charge < -0.3 is 24.8 Å². The number of anilines is 3. The molecule has 1 N–H and O–H groups in total. The highest BCUT2D eigenvalue weighted by Crippen LogP contribution is 2.40. The third-order valence-corrected chi connectivity index (χ3v) is 7.87. The number of hydrogen-bond acceptors (Lipinski definition) is 6. The van der Waals surface area contributed by atoms with Gasteiger partial charge in [0.15, 0.2) is 5.82 Å². The predicted molar refractivity (Wildman–Crippen MR) is 151 cm³/mol. The molecule has 43 heavy (non-hydrogen) atoms. The predicted octanol–water partition coefficient (Wildman–Crippen LogP) is 5.80. The van der Waals surface area contributed by atoms with Gasteiger partial charge in [0.05, 0.1) is 35.1 Å². The number of nitrogens with one attached hydrogen (secondary N) is 1. The maximum Gasteiger partial charge on any atom is 0.417 e. The van der Waals surface area contributed by atoms with E-state index in [1.165, 1.54) is 12.3 Å². The van der Waals surface area contributed by atoms with E-state index in [2.05, 4.69) is 10.3 Å². The van der Waals surface area contributed by atoms with Crippen molar-refractivity contribution in [3.8, 4) is 11.1 Å². The number of aromatic nitrogens is 1. The first kappa shape index (κ1) is 30.6. The molecule has 0 spiro atoms. The molecule has 3 heterocycles. The summed E-state index contributed by atoms with van der Waals surface area (Å²) in [4.78, 5) is 23.3. The van der Waals surface area contributed by atoms with E-state index in [-0.39, 0.29) is 29.5 Å². The van der Waals surface area contributed by atoms with Gasteiger partial charge in [-0.1, -0.05) is 0 Å². The molecule has 2 saturated heterocycles. The Morgan fingerprint density at radius 3 is 2.42 bits per heavy atom. The van der Waals surface area contributed by atoms with Crippen molar-refractivity contribution in [2.75, 3.05) is 61.5 Å². The largest absolute Gasteiger partial charge is 0.417 e. The van der Waals surface area contributed by atoms with Gasteiger partial charge in [-0.25, -0.2) is 18.2 Å². The highest BCUT2D eigenvalue weighted by molar-refractivity contribution is 6.07. The van der Waals surface area contributed by atoms with Gasteiger partial charge in [-0.05, 0) is 51.2 Å². The Hall–Kier alpha value is -3.84. The Morgan fingerprint density at radius 2 is 1.77 bits per heavy atom. The SMILES string of the molecule is CC1CN(c2ccc(-c3c(F)cc(N4CCN(C)C(C)C4)c(NC(=O)c4ccc(F)cc4C(F)(F)F)c3F)cn2)CCO1. The number of amides is 1. The fourth-order valence-electron chi connectivity index (χ4n) is 5.38. The lowest BCUT2D eigenvalue weighted by Crippen LogP contribution is -2.50. The van der Waals surface area contributed by atoms with E-state index < -0.39 is 51.9 Å². The van der Waals surface area contributed by atoms with Crippen molar-refractivity contribution >= 4 is 23.1 Å². The van der Waals surface area contributed by atoms with E-state index in [4.69, 9.17) is 4.74 Å². The molecule has 2 aromatic carbocycles. The monoisotopic (exact) mass is 607 g/mol. The van der Waals surface area contributed by atoms with E-state index in [0.29, 0.717) is 57.3 Å². The van der Waals surface area contributed by atoms with E-state index in [1.807, 2.05) is 30.7 Å². The molecule has 7 nitrogen and oxygen atoms in total. The van der Waals surface area contributed by atoms with Crippen molar-refractivity contribution < 1.29 is 35.9 Å². The molecule has 2 atom stereocenters. The quantitative estimate of drug-likeness (QED) is 0.370. The van der Waals surface area contributed by atoms with Crippen LogP contribution in [0.15, 0.2) is 42.6 Å². The summed E-state index contributed by atoms with van der Waals surface area (Å²) in [6.07, 6.45) is -3.76. The van der Waals surface area contributed by atoms with Gasteiger partial charge in [-0.2, -0.15) is 13.2 Å². The summed E-state index contributed by atoms with van der Waals surface area (Å²) in [6.45, 7) is 6.77. The second-order valence-electron chi connectivity index (χ2n) is 10.9. The second kappa shape index (κ2) is 12.0. The number of rotatable bonds is 5. The van der Waals surface area contributed by atoms with E-state index in [9.17, 15) is 22.4 Å². The maximum atomic E-state index is 16.4. The Bertz CT molecular complexity index is 1500. The summed E-state index contributed by atoms with van der Waals surface area (Å²) in [7, 11) is 1.90. The first-order chi connectivity index (χ1) is 20.3. The number of likely N-dealkylation sites (N-methyl/N-ethyl adjacent to an activating group) is 1. The zero-order valence-electron chi connectivity index (χ0n) is 23.8. The molecule has 3 aromatic rings. The smallest absolute Gasteiger partial charge is 0.375 e. The number of morpholine rings is 1. The van der Waals surface area contributed by atoms with Crippen LogP contribution in [0.5, 0.6) is 0 Å². The van der Waals surface area contributed by atoms with Crippen LogP contribution in [0.1, 0.15) is 29.8 Å². The lowest BCUT2D eigenvalue weighted by Gasteiger charge is -2.39. The van der Waals surface area contributed by atoms with Crippen LogP contribution in [0.2, 0.25) is 0 Å². The third kappa shape index (κ3) is 6.42. The molecule has 2 aliphatic heterocycles. The highest BCUT2D eigenvalue weighted by atomic mass is 19.4. The van der Waals surface area contributed by atoms with Crippen LogP contribution in [0.25, 0.3) is 11.1 Å². The first-order valence-electron chi connectivity index (χ1n) is 13.8. The molecule has 0 aliphatic carbocycles. The number of alkyl halides is 3. The number of nitrogens with zero attached hydrogens (tertiary/aromatic N) is 4. The molecule has 1 aromatic heterocycles. The summed E-state index contributed by atoms with van der Waals surface area (Å²) in [5.41, 5.74) is -3.34. The van der Waals surface area contributed by atoms with E-state index in [1.54, 1.807) is 11.0 Å². The van der Waals surface area contributed by atoms with Gasteiger partial charge in [-0.3, -0.25) is 4.79 Å². The number of ether oxygens (including phenoxy) is 1. The molecule has 2 fully saturated rings. The number of pyridine rings is 1. The van der Waals surface area contributed by atoms with E-state index in [0.717, 1.165) is 6.07 Å². The Balaban J connectivity index is 1.57. The molecule has 2 unspecified atom stereocenters. The van der Waals surface area contributed by atoms with Gasteiger partial charge in [-0.15, -0.1) is 0 Å². The molecule has 1 amide bonds. The molecular weight excluding hydrogens is 576 g/mol. The number of benzene rings is 2. The molecular formula is C30H31F6N5O2. The lowest BCUT2D eigenvalue weighted by molar-refractivity contribution is -0.138. The van der Waals surface area contributed by atoms with Crippen LogP contribution >= 0.6 is 0 Å². The normalized spacial score (nSPS) is 19.9. The minimum Gasteiger partial charge on any atom is -0.375 e. The van der Waals surface area contributed by atoms with Gasteiger partial charge in [0.1, 0.15) is 23.1 Å². The molecule has 5 rings (SSSR count). The van der Waals surface area contributed by atoms with Gasteiger partial charge in [0, 0.05) is 56.6 Å². The molecule has 0 saturated carbocycles. The zero-order chi connectivity index (χ0) is 31.1. The van der Waals surface area contributed by atoms with Gasteiger partial charge in [0.2, 0.25) is 0 Å².